The van der Waals surface area contributed by atoms with Crippen LogP contribution in [0.5, 0.6) is 0 Å². The van der Waals surface area contributed by atoms with E-state index < -0.39 is 11.5 Å². The molecule has 0 aliphatic carbocycles. The van der Waals surface area contributed by atoms with E-state index in [-0.39, 0.29) is 5.56 Å². The van der Waals surface area contributed by atoms with Gasteiger partial charge in [-0.2, -0.15) is 0 Å². The monoisotopic (exact) mass is 293 g/mol. The number of hydrogen-bond donors (Lipinski definition) is 1. The molecule has 0 aliphatic rings. The summed E-state index contributed by atoms with van der Waals surface area (Å²) in [5.74, 6) is -0.430. The Hall–Kier alpha value is -2.88. The van der Waals surface area contributed by atoms with Crippen molar-refractivity contribution in [2.75, 3.05) is 0 Å². The quantitative estimate of drug-likeness (QED) is 0.755. The number of carbonyl (C=O) groups excluding carboxylic acids is 1. The molecule has 2 aromatic carbocycles. The molecule has 4 nitrogen and oxygen atoms in total. The van der Waals surface area contributed by atoms with Gasteiger partial charge in [0.2, 0.25) is 0 Å². The number of benzene rings is 2. The zero-order chi connectivity index (χ0) is 15.5. The van der Waals surface area contributed by atoms with Crippen LogP contribution < -0.4 is 10.9 Å². The molecule has 4 heteroatoms. The van der Waals surface area contributed by atoms with Crippen LogP contribution in [0.15, 0.2) is 63.8 Å². The van der Waals surface area contributed by atoms with Crippen LogP contribution >= 0.6 is 0 Å². The average molecular weight is 293 g/mol. The Morgan fingerprint density at radius 1 is 1.09 bits per heavy atom. The van der Waals surface area contributed by atoms with E-state index in [0.29, 0.717) is 12.1 Å². The maximum absolute atomic E-state index is 12.2. The highest BCUT2D eigenvalue weighted by Crippen LogP contribution is 2.15. The number of hydrogen-bond acceptors (Lipinski definition) is 3. The molecule has 0 atom stereocenters. The number of amides is 1. The Bertz CT molecular complexity index is 882. The third-order valence-electron chi connectivity index (χ3n) is 3.43. The van der Waals surface area contributed by atoms with Gasteiger partial charge < -0.3 is 9.73 Å². The van der Waals surface area contributed by atoms with Crippen LogP contribution in [0.2, 0.25) is 0 Å². The van der Waals surface area contributed by atoms with Crippen LogP contribution in [0, 0.1) is 6.92 Å². The van der Waals surface area contributed by atoms with Gasteiger partial charge in [-0.3, -0.25) is 4.79 Å². The largest absolute Gasteiger partial charge is 0.422 e. The normalized spacial score (nSPS) is 10.6. The molecule has 3 rings (SSSR count). The van der Waals surface area contributed by atoms with Crippen LogP contribution in [0.3, 0.4) is 0 Å². The van der Waals surface area contributed by atoms with Crippen LogP contribution in [-0.2, 0) is 6.54 Å². The molecular weight excluding hydrogens is 278 g/mol. The maximum atomic E-state index is 12.2. The summed E-state index contributed by atoms with van der Waals surface area (Å²) in [6.07, 6.45) is 0. The van der Waals surface area contributed by atoms with E-state index in [2.05, 4.69) is 5.32 Å². The minimum Gasteiger partial charge on any atom is -0.422 e. The lowest BCUT2D eigenvalue weighted by Crippen LogP contribution is -2.27. The second-order valence-electron chi connectivity index (χ2n) is 5.16. The minimum absolute atomic E-state index is 0.0223. The Balaban J connectivity index is 1.87. The molecular formula is C18H15NO3. The zero-order valence-electron chi connectivity index (χ0n) is 12.1. The molecule has 0 bridgehead atoms. The molecule has 22 heavy (non-hydrogen) atoms. The SMILES string of the molecule is Cc1ccc2oc(=O)c(C(=O)NCc3ccccc3)cc2c1. The fraction of sp³-hybridized carbons (Fsp3) is 0.111. The van der Waals surface area contributed by atoms with Gasteiger partial charge in [0.1, 0.15) is 11.1 Å². The molecule has 0 fully saturated rings. The van der Waals surface area contributed by atoms with Crippen molar-refractivity contribution in [1.29, 1.82) is 0 Å². The van der Waals surface area contributed by atoms with Gasteiger partial charge in [-0.15, -0.1) is 0 Å². The van der Waals surface area contributed by atoms with Crippen molar-refractivity contribution in [3.05, 3.63) is 81.7 Å². The van der Waals surface area contributed by atoms with E-state index in [0.717, 1.165) is 16.5 Å². The van der Waals surface area contributed by atoms with Crippen LogP contribution in [0.1, 0.15) is 21.5 Å². The Morgan fingerprint density at radius 3 is 2.64 bits per heavy atom. The van der Waals surface area contributed by atoms with Crippen LogP contribution in [-0.4, -0.2) is 5.91 Å². The molecule has 0 aliphatic heterocycles. The second-order valence-corrected chi connectivity index (χ2v) is 5.16. The summed E-state index contributed by atoms with van der Waals surface area (Å²) in [5.41, 5.74) is 1.89. The van der Waals surface area contributed by atoms with Crippen molar-refractivity contribution in [3.8, 4) is 0 Å². The Kier molecular flexibility index (Phi) is 3.74. The summed E-state index contributed by atoms with van der Waals surface area (Å²) in [7, 11) is 0. The van der Waals surface area contributed by atoms with Crippen molar-refractivity contribution in [3.63, 3.8) is 0 Å². The van der Waals surface area contributed by atoms with E-state index in [1.807, 2.05) is 49.4 Å². The fourth-order valence-corrected chi connectivity index (χ4v) is 2.27. The topological polar surface area (TPSA) is 59.3 Å². The summed E-state index contributed by atoms with van der Waals surface area (Å²) >= 11 is 0. The Labute approximate surface area is 127 Å². The highest BCUT2D eigenvalue weighted by atomic mass is 16.4. The van der Waals surface area contributed by atoms with E-state index in [1.54, 1.807) is 12.1 Å². The number of rotatable bonds is 3. The molecule has 0 saturated heterocycles. The highest BCUT2D eigenvalue weighted by Gasteiger charge is 2.13. The van der Waals surface area contributed by atoms with Gasteiger partial charge in [0, 0.05) is 11.9 Å². The molecule has 0 radical (unpaired) electrons. The number of fused-ring (bicyclic) bond motifs is 1. The molecule has 0 unspecified atom stereocenters. The average Bonchev–Trinajstić information content (AvgIpc) is 2.53. The standard InChI is InChI=1S/C18H15NO3/c1-12-7-8-16-14(9-12)10-15(18(21)22-16)17(20)19-11-13-5-3-2-4-6-13/h2-10H,11H2,1H3,(H,19,20). The molecule has 110 valence electrons. The molecule has 3 aromatic rings. The predicted molar refractivity (Wildman–Crippen MR) is 84.8 cm³/mol. The highest BCUT2D eigenvalue weighted by molar-refractivity contribution is 5.96. The van der Waals surface area contributed by atoms with E-state index in [1.165, 1.54) is 0 Å². The lowest BCUT2D eigenvalue weighted by Gasteiger charge is -2.05. The Morgan fingerprint density at radius 2 is 1.86 bits per heavy atom. The van der Waals surface area contributed by atoms with E-state index >= 15 is 0 Å². The van der Waals surface area contributed by atoms with Gasteiger partial charge in [0.25, 0.3) is 5.91 Å². The summed E-state index contributed by atoms with van der Waals surface area (Å²) in [6, 6.07) is 16.6. The lowest BCUT2D eigenvalue weighted by molar-refractivity contribution is 0.0947. The molecule has 1 N–H and O–H groups in total. The first-order chi connectivity index (χ1) is 10.6. The summed E-state index contributed by atoms with van der Waals surface area (Å²) < 4.78 is 5.20. The molecule has 0 spiro atoms. The smallest absolute Gasteiger partial charge is 0.349 e. The van der Waals surface area contributed by atoms with Crippen molar-refractivity contribution in [1.82, 2.24) is 5.32 Å². The van der Waals surface area contributed by atoms with E-state index in [9.17, 15) is 9.59 Å². The first kappa shape index (κ1) is 14.1. The second kappa shape index (κ2) is 5.85. The molecule has 1 amide bonds. The van der Waals surface area contributed by atoms with Gasteiger partial charge in [0.05, 0.1) is 0 Å². The number of aryl methyl sites for hydroxylation is 1. The van der Waals surface area contributed by atoms with Crippen LogP contribution in [0.4, 0.5) is 0 Å². The van der Waals surface area contributed by atoms with Gasteiger partial charge in [-0.1, -0.05) is 42.0 Å². The predicted octanol–water partition coefficient (Wildman–Crippen LogP) is 3.03. The van der Waals surface area contributed by atoms with Crippen LogP contribution in [0.25, 0.3) is 11.0 Å². The van der Waals surface area contributed by atoms with Crippen molar-refractivity contribution < 1.29 is 9.21 Å². The molecule has 0 saturated carbocycles. The number of carbonyl (C=O) groups is 1. The van der Waals surface area contributed by atoms with Crippen molar-refractivity contribution >= 4 is 16.9 Å². The minimum atomic E-state index is -0.623. The van der Waals surface area contributed by atoms with Gasteiger partial charge in [-0.25, -0.2) is 4.79 Å². The first-order valence-corrected chi connectivity index (χ1v) is 7.00. The fourth-order valence-electron chi connectivity index (χ4n) is 2.27. The molecule has 1 aromatic heterocycles. The summed E-state index contributed by atoms with van der Waals surface area (Å²) in [4.78, 5) is 24.1. The maximum Gasteiger partial charge on any atom is 0.349 e. The van der Waals surface area contributed by atoms with Gasteiger partial charge in [-0.05, 0) is 30.7 Å². The van der Waals surface area contributed by atoms with E-state index in [4.69, 9.17) is 4.42 Å². The third kappa shape index (κ3) is 2.91. The summed E-state index contributed by atoms with van der Waals surface area (Å²) in [5, 5.41) is 3.48. The third-order valence-corrected chi connectivity index (χ3v) is 3.43. The molecule has 1 heterocycles. The summed E-state index contributed by atoms with van der Waals surface area (Å²) in [6.45, 7) is 2.31. The van der Waals surface area contributed by atoms with Crippen molar-refractivity contribution in [2.24, 2.45) is 0 Å². The lowest BCUT2D eigenvalue weighted by atomic mass is 10.1. The van der Waals surface area contributed by atoms with Gasteiger partial charge in [0.15, 0.2) is 0 Å². The van der Waals surface area contributed by atoms with Gasteiger partial charge >= 0.3 is 5.63 Å². The van der Waals surface area contributed by atoms with Crippen molar-refractivity contribution in [2.45, 2.75) is 13.5 Å². The number of nitrogens with one attached hydrogen (secondary N) is 1. The zero-order valence-corrected chi connectivity index (χ0v) is 12.1. The first-order valence-electron chi connectivity index (χ1n) is 7.00.